The number of aromatic hydroxyl groups is 1. The third-order valence-corrected chi connectivity index (χ3v) is 1.84. The summed E-state index contributed by atoms with van der Waals surface area (Å²) in [4.78, 5) is 3.64. The number of rotatable bonds is 1. The van der Waals surface area contributed by atoms with Crippen LogP contribution in [0.3, 0.4) is 0 Å². The van der Waals surface area contributed by atoms with E-state index in [0.717, 1.165) is 11.3 Å². The first-order chi connectivity index (χ1) is 6.27. The zero-order chi connectivity index (χ0) is 9.26. The smallest absolute Gasteiger partial charge is 0.333 e. The highest BCUT2D eigenvalue weighted by atomic mass is 16.3. The van der Waals surface area contributed by atoms with Gasteiger partial charge in [0.15, 0.2) is 0 Å². The van der Waals surface area contributed by atoms with E-state index in [1.165, 1.54) is 6.33 Å². The van der Waals surface area contributed by atoms with Crippen molar-refractivity contribution in [3.8, 4) is 11.7 Å². The molecule has 0 spiro atoms. The monoisotopic (exact) mass is 175 g/mol. The van der Waals surface area contributed by atoms with Gasteiger partial charge in [0.2, 0.25) is 0 Å². The normalized spacial score (nSPS) is 10.2. The van der Waals surface area contributed by atoms with Gasteiger partial charge in [-0.05, 0) is 18.6 Å². The third kappa shape index (κ3) is 1.38. The highest BCUT2D eigenvalue weighted by molar-refractivity contribution is 5.38. The van der Waals surface area contributed by atoms with E-state index in [4.69, 9.17) is 5.11 Å². The van der Waals surface area contributed by atoms with Crippen LogP contribution in [0.5, 0.6) is 6.01 Å². The van der Waals surface area contributed by atoms with Crippen molar-refractivity contribution in [3.05, 3.63) is 36.2 Å². The minimum Gasteiger partial charge on any atom is -0.478 e. The van der Waals surface area contributed by atoms with Crippen LogP contribution in [0.2, 0.25) is 0 Å². The first-order valence-corrected chi connectivity index (χ1v) is 3.94. The van der Waals surface area contributed by atoms with Crippen molar-refractivity contribution in [2.75, 3.05) is 0 Å². The Morgan fingerprint density at radius 1 is 1.31 bits per heavy atom. The highest BCUT2D eigenvalue weighted by Crippen LogP contribution is 2.12. The van der Waals surface area contributed by atoms with Crippen LogP contribution in [0, 0.1) is 6.92 Å². The Balaban J connectivity index is 2.52. The van der Waals surface area contributed by atoms with Gasteiger partial charge in [0.05, 0.1) is 5.69 Å². The van der Waals surface area contributed by atoms with E-state index in [2.05, 4.69) is 10.1 Å². The van der Waals surface area contributed by atoms with Gasteiger partial charge in [-0.2, -0.15) is 4.98 Å². The average molecular weight is 175 g/mol. The van der Waals surface area contributed by atoms with Crippen molar-refractivity contribution in [1.29, 1.82) is 0 Å². The Bertz CT molecular complexity index is 422. The Kier molecular flexibility index (Phi) is 1.73. The van der Waals surface area contributed by atoms with Crippen molar-refractivity contribution in [3.63, 3.8) is 0 Å². The van der Waals surface area contributed by atoms with Gasteiger partial charge in [-0.1, -0.05) is 18.2 Å². The first-order valence-electron chi connectivity index (χ1n) is 3.94. The van der Waals surface area contributed by atoms with Crippen molar-refractivity contribution in [1.82, 2.24) is 14.8 Å². The summed E-state index contributed by atoms with van der Waals surface area (Å²) in [6.07, 6.45) is 1.48. The maximum atomic E-state index is 8.96. The Morgan fingerprint density at radius 2 is 2.08 bits per heavy atom. The Labute approximate surface area is 75.5 Å². The largest absolute Gasteiger partial charge is 0.478 e. The molecule has 2 aromatic rings. The second kappa shape index (κ2) is 2.90. The van der Waals surface area contributed by atoms with Gasteiger partial charge in [-0.3, -0.25) is 0 Å². The summed E-state index contributed by atoms with van der Waals surface area (Å²) in [6, 6.07) is 7.57. The van der Waals surface area contributed by atoms with Crippen molar-refractivity contribution < 1.29 is 5.11 Å². The van der Waals surface area contributed by atoms with Gasteiger partial charge in [-0.15, -0.1) is 5.10 Å². The molecule has 0 amide bonds. The van der Waals surface area contributed by atoms with E-state index in [-0.39, 0.29) is 6.01 Å². The molecule has 0 saturated heterocycles. The SMILES string of the molecule is Cc1ccccc1-n1cnc(O)n1. The van der Waals surface area contributed by atoms with Crippen LogP contribution in [0.1, 0.15) is 5.56 Å². The van der Waals surface area contributed by atoms with Gasteiger partial charge in [-0.25, -0.2) is 4.68 Å². The molecule has 0 saturated carbocycles. The van der Waals surface area contributed by atoms with Crippen LogP contribution in [-0.2, 0) is 0 Å². The minimum atomic E-state index is -0.205. The van der Waals surface area contributed by atoms with E-state index in [9.17, 15) is 0 Å². The number of aryl methyl sites for hydroxylation is 1. The first kappa shape index (κ1) is 7.79. The molecule has 0 radical (unpaired) electrons. The molecule has 13 heavy (non-hydrogen) atoms. The molecule has 4 heteroatoms. The summed E-state index contributed by atoms with van der Waals surface area (Å²) < 4.78 is 1.55. The Morgan fingerprint density at radius 3 is 2.69 bits per heavy atom. The molecule has 2 rings (SSSR count). The zero-order valence-corrected chi connectivity index (χ0v) is 7.18. The van der Waals surface area contributed by atoms with E-state index in [1.807, 2.05) is 31.2 Å². The van der Waals surface area contributed by atoms with E-state index < -0.39 is 0 Å². The second-order valence-electron chi connectivity index (χ2n) is 2.78. The lowest BCUT2D eigenvalue weighted by molar-refractivity contribution is 0.430. The predicted molar refractivity (Wildman–Crippen MR) is 47.8 cm³/mol. The van der Waals surface area contributed by atoms with Crippen molar-refractivity contribution >= 4 is 0 Å². The molecule has 1 aromatic carbocycles. The molecule has 0 aliphatic rings. The van der Waals surface area contributed by atoms with Crippen molar-refractivity contribution in [2.24, 2.45) is 0 Å². The molecule has 0 unspecified atom stereocenters. The van der Waals surface area contributed by atoms with Gasteiger partial charge in [0, 0.05) is 0 Å². The number of hydrogen-bond donors (Lipinski definition) is 1. The molecule has 0 atom stereocenters. The summed E-state index contributed by atoms with van der Waals surface area (Å²) in [5.41, 5.74) is 2.02. The topological polar surface area (TPSA) is 50.9 Å². The fourth-order valence-corrected chi connectivity index (χ4v) is 1.19. The zero-order valence-electron chi connectivity index (χ0n) is 7.18. The van der Waals surface area contributed by atoms with Crippen LogP contribution in [0.15, 0.2) is 30.6 Å². The van der Waals surface area contributed by atoms with Gasteiger partial charge in [0.1, 0.15) is 6.33 Å². The van der Waals surface area contributed by atoms with Crippen LogP contribution >= 0.6 is 0 Å². The van der Waals surface area contributed by atoms with Crippen LogP contribution < -0.4 is 0 Å². The minimum absolute atomic E-state index is 0.205. The molecular weight excluding hydrogens is 166 g/mol. The van der Waals surface area contributed by atoms with Crippen LogP contribution in [0.25, 0.3) is 5.69 Å². The van der Waals surface area contributed by atoms with Gasteiger partial charge >= 0.3 is 6.01 Å². The quantitative estimate of drug-likeness (QED) is 0.710. The molecule has 0 aliphatic heterocycles. The summed E-state index contributed by atoms with van der Waals surface area (Å²) in [6.45, 7) is 1.98. The highest BCUT2D eigenvalue weighted by Gasteiger charge is 2.02. The van der Waals surface area contributed by atoms with Gasteiger partial charge < -0.3 is 5.11 Å². The molecule has 0 bridgehead atoms. The van der Waals surface area contributed by atoms with Gasteiger partial charge in [0.25, 0.3) is 0 Å². The molecule has 0 aliphatic carbocycles. The molecule has 1 heterocycles. The van der Waals surface area contributed by atoms with Crippen molar-refractivity contribution in [2.45, 2.75) is 6.92 Å². The molecular formula is C9H9N3O. The maximum Gasteiger partial charge on any atom is 0.333 e. The summed E-state index contributed by atoms with van der Waals surface area (Å²) in [5.74, 6) is 0. The Hall–Kier alpha value is -1.84. The fraction of sp³-hybridized carbons (Fsp3) is 0.111. The van der Waals surface area contributed by atoms with Crippen LogP contribution in [-0.4, -0.2) is 19.9 Å². The average Bonchev–Trinajstić information content (AvgIpc) is 2.53. The number of nitrogens with zero attached hydrogens (tertiary/aromatic N) is 3. The lowest BCUT2D eigenvalue weighted by Gasteiger charge is -2.02. The number of benzene rings is 1. The van der Waals surface area contributed by atoms with E-state index >= 15 is 0 Å². The number of aromatic nitrogens is 3. The molecule has 1 N–H and O–H groups in total. The van der Waals surface area contributed by atoms with Crippen LogP contribution in [0.4, 0.5) is 0 Å². The summed E-state index contributed by atoms with van der Waals surface area (Å²) in [5, 5.41) is 12.8. The van der Waals surface area contributed by atoms with E-state index in [1.54, 1.807) is 4.68 Å². The molecule has 66 valence electrons. The third-order valence-electron chi connectivity index (χ3n) is 1.84. The number of hydrogen-bond acceptors (Lipinski definition) is 3. The summed E-state index contributed by atoms with van der Waals surface area (Å²) >= 11 is 0. The fourth-order valence-electron chi connectivity index (χ4n) is 1.19. The standard InChI is InChI=1S/C9H9N3O/c1-7-4-2-3-5-8(7)12-6-10-9(13)11-12/h2-6H,1H3,(H,11,13). The molecule has 1 aromatic heterocycles. The lowest BCUT2D eigenvalue weighted by atomic mass is 10.2. The summed E-state index contributed by atoms with van der Waals surface area (Å²) in [7, 11) is 0. The molecule has 4 nitrogen and oxygen atoms in total. The second-order valence-corrected chi connectivity index (χ2v) is 2.78. The molecule has 0 fully saturated rings. The lowest BCUT2D eigenvalue weighted by Crippen LogP contribution is -1.96. The van der Waals surface area contributed by atoms with E-state index in [0.29, 0.717) is 0 Å². The number of para-hydroxylation sites is 1. The maximum absolute atomic E-state index is 8.96. The predicted octanol–water partition coefficient (Wildman–Crippen LogP) is 1.28.